The highest BCUT2D eigenvalue weighted by molar-refractivity contribution is 5.17. The van der Waals surface area contributed by atoms with Crippen LogP contribution in [0.3, 0.4) is 0 Å². The number of nitrogens with zero attached hydrogens (tertiary/aromatic N) is 6. The second kappa shape index (κ2) is 6.34. The summed E-state index contributed by atoms with van der Waals surface area (Å²) in [6.07, 6.45) is 3.51. The van der Waals surface area contributed by atoms with E-state index < -0.39 is 0 Å². The van der Waals surface area contributed by atoms with Crippen LogP contribution in [0.25, 0.3) is 0 Å². The fourth-order valence-corrected chi connectivity index (χ4v) is 2.12. The van der Waals surface area contributed by atoms with Crippen molar-refractivity contribution in [3.05, 3.63) is 71.8 Å². The minimum atomic E-state index is -0.0413. The normalized spacial score (nSPS) is 13.5. The Hall–Kier alpha value is -2.76. The molecule has 0 aromatic carbocycles. The minimum absolute atomic E-state index is 0.0413. The van der Waals surface area contributed by atoms with Crippen molar-refractivity contribution in [1.29, 1.82) is 0 Å². The van der Waals surface area contributed by atoms with Gasteiger partial charge in [-0.3, -0.25) is 9.97 Å². The van der Waals surface area contributed by atoms with Gasteiger partial charge < -0.3 is 0 Å². The van der Waals surface area contributed by atoms with Crippen molar-refractivity contribution in [3.63, 3.8) is 0 Å². The zero-order valence-corrected chi connectivity index (χ0v) is 12.5. The Labute approximate surface area is 128 Å². The molecule has 0 spiro atoms. The van der Waals surface area contributed by atoms with Crippen LogP contribution >= 0.6 is 0 Å². The first-order valence-corrected chi connectivity index (χ1v) is 7.14. The van der Waals surface area contributed by atoms with Crippen molar-refractivity contribution in [1.82, 2.24) is 30.4 Å². The first-order chi connectivity index (χ1) is 10.8. The molecule has 0 bridgehead atoms. The van der Waals surface area contributed by atoms with Gasteiger partial charge in [0, 0.05) is 12.4 Å². The quantitative estimate of drug-likeness (QED) is 0.734. The molecule has 22 heavy (non-hydrogen) atoms. The average molecular weight is 292 g/mol. The Balaban J connectivity index is 1.81. The zero-order valence-electron chi connectivity index (χ0n) is 12.5. The van der Waals surface area contributed by atoms with E-state index in [0.717, 1.165) is 11.4 Å². The molecule has 0 radical (unpaired) electrons. The maximum atomic E-state index is 4.31. The van der Waals surface area contributed by atoms with Crippen molar-refractivity contribution in [2.45, 2.75) is 25.7 Å². The van der Waals surface area contributed by atoms with Gasteiger partial charge in [-0.15, -0.1) is 20.4 Å². The van der Waals surface area contributed by atoms with E-state index in [1.165, 1.54) is 0 Å². The maximum absolute atomic E-state index is 4.31. The van der Waals surface area contributed by atoms with Crippen molar-refractivity contribution >= 4 is 0 Å². The Kier molecular flexibility index (Phi) is 4.09. The lowest BCUT2D eigenvalue weighted by Crippen LogP contribution is -2.12. The Morgan fingerprint density at radius 1 is 0.636 bits per heavy atom. The summed E-state index contributed by atoms with van der Waals surface area (Å²) in [6, 6.07) is 11.5. The molecule has 3 aromatic rings. The third kappa shape index (κ3) is 2.95. The predicted molar refractivity (Wildman–Crippen MR) is 81.1 cm³/mol. The molecular weight excluding hydrogens is 276 g/mol. The van der Waals surface area contributed by atoms with Crippen LogP contribution in [-0.4, -0.2) is 30.4 Å². The van der Waals surface area contributed by atoms with Crippen molar-refractivity contribution < 1.29 is 0 Å². The first-order valence-electron chi connectivity index (χ1n) is 7.14. The van der Waals surface area contributed by atoms with Crippen molar-refractivity contribution in [2.24, 2.45) is 0 Å². The second-order valence-electron chi connectivity index (χ2n) is 5.07. The van der Waals surface area contributed by atoms with Crippen LogP contribution in [0, 0.1) is 0 Å². The number of hydrogen-bond acceptors (Lipinski definition) is 6. The zero-order chi connectivity index (χ0) is 15.4. The van der Waals surface area contributed by atoms with Gasteiger partial charge in [-0.1, -0.05) is 12.1 Å². The van der Waals surface area contributed by atoms with Crippen LogP contribution in [0.15, 0.2) is 48.8 Å². The minimum Gasteiger partial charge on any atom is -0.261 e. The van der Waals surface area contributed by atoms with E-state index in [1.54, 1.807) is 12.4 Å². The molecule has 0 aliphatic carbocycles. The molecule has 3 heterocycles. The van der Waals surface area contributed by atoms with Gasteiger partial charge in [0.1, 0.15) is 0 Å². The van der Waals surface area contributed by atoms with E-state index in [-0.39, 0.29) is 11.8 Å². The maximum Gasteiger partial charge on any atom is 0.182 e. The summed E-state index contributed by atoms with van der Waals surface area (Å²) in [5, 5.41) is 16.8. The molecule has 3 aromatic heterocycles. The topological polar surface area (TPSA) is 77.3 Å². The predicted octanol–water partition coefficient (Wildman–Crippen LogP) is 2.36. The molecule has 2 unspecified atom stereocenters. The average Bonchev–Trinajstić information content (AvgIpc) is 2.62. The van der Waals surface area contributed by atoms with E-state index in [1.807, 2.05) is 50.2 Å². The molecule has 0 fully saturated rings. The van der Waals surface area contributed by atoms with Crippen LogP contribution in [-0.2, 0) is 0 Å². The Morgan fingerprint density at radius 3 is 1.36 bits per heavy atom. The molecule has 0 saturated carbocycles. The third-order valence-electron chi connectivity index (χ3n) is 3.55. The molecule has 110 valence electrons. The molecule has 0 N–H and O–H groups in total. The van der Waals surface area contributed by atoms with Gasteiger partial charge in [0.05, 0.1) is 23.2 Å². The van der Waals surface area contributed by atoms with Gasteiger partial charge in [-0.05, 0) is 38.1 Å². The lowest BCUT2D eigenvalue weighted by atomic mass is 10.1. The number of pyridine rings is 2. The monoisotopic (exact) mass is 292 g/mol. The number of rotatable bonds is 4. The van der Waals surface area contributed by atoms with Gasteiger partial charge in [0.25, 0.3) is 0 Å². The summed E-state index contributed by atoms with van der Waals surface area (Å²) in [5.41, 5.74) is 1.80. The van der Waals surface area contributed by atoms with Crippen LogP contribution in [0.4, 0.5) is 0 Å². The molecule has 6 heteroatoms. The van der Waals surface area contributed by atoms with Crippen LogP contribution in [0.1, 0.15) is 48.7 Å². The number of aromatic nitrogens is 6. The molecule has 2 atom stereocenters. The van der Waals surface area contributed by atoms with Gasteiger partial charge in [-0.2, -0.15) is 0 Å². The SMILES string of the molecule is CC(c1ccccn1)c1nnc(C(C)c2ccccn2)nn1. The second-order valence-corrected chi connectivity index (χ2v) is 5.07. The Bertz CT molecular complexity index is 650. The van der Waals surface area contributed by atoms with Crippen molar-refractivity contribution in [2.75, 3.05) is 0 Å². The molecule has 0 aliphatic rings. The van der Waals surface area contributed by atoms with Crippen LogP contribution < -0.4 is 0 Å². The van der Waals surface area contributed by atoms with Crippen LogP contribution in [0.5, 0.6) is 0 Å². The molecule has 0 aliphatic heterocycles. The molecule has 6 nitrogen and oxygen atoms in total. The molecular formula is C16H16N6. The molecule has 0 amide bonds. The fraction of sp³-hybridized carbons (Fsp3) is 0.250. The first kappa shape index (κ1) is 14.2. The summed E-state index contributed by atoms with van der Waals surface area (Å²) in [7, 11) is 0. The lowest BCUT2D eigenvalue weighted by Gasteiger charge is -2.10. The van der Waals surface area contributed by atoms with E-state index in [4.69, 9.17) is 0 Å². The third-order valence-corrected chi connectivity index (χ3v) is 3.55. The lowest BCUT2D eigenvalue weighted by molar-refractivity contribution is 0.640. The van der Waals surface area contributed by atoms with Crippen molar-refractivity contribution in [3.8, 4) is 0 Å². The standard InChI is InChI=1S/C16H16N6/c1-11(13-7-3-5-9-17-13)15-19-21-16(22-20-15)12(2)14-8-4-6-10-18-14/h3-12H,1-2H3. The van der Waals surface area contributed by atoms with Gasteiger partial charge in [0.15, 0.2) is 11.6 Å². The smallest absolute Gasteiger partial charge is 0.182 e. The highest BCUT2D eigenvalue weighted by atomic mass is 15.3. The van der Waals surface area contributed by atoms with E-state index in [2.05, 4.69) is 30.4 Å². The number of hydrogen-bond donors (Lipinski definition) is 0. The summed E-state index contributed by atoms with van der Waals surface area (Å²) in [5.74, 6) is 1.05. The Morgan fingerprint density at radius 2 is 1.05 bits per heavy atom. The summed E-state index contributed by atoms with van der Waals surface area (Å²) >= 11 is 0. The van der Waals surface area contributed by atoms with E-state index in [0.29, 0.717) is 11.6 Å². The molecule has 3 rings (SSSR count). The highest BCUT2D eigenvalue weighted by Gasteiger charge is 2.17. The fourth-order valence-electron chi connectivity index (χ4n) is 2.12. The van der Waals surface area contributed by atoms with Gasteiger partial charge in [-0.25, -0.2) is 0 Å². The van der Waals surface area contributed by atoms with E-state index >= 15 is 0 Å². The van der Waals surface area contributed by atoms with Gasteiger partial charge >= 0.3 is 0 Å². The molecule has 0 saturated heterocycles. The summed E-state index contributed by atoms with van der Waals surface area (Å²) < 4.78 is 0. The van der Waals surface area contributed by atoms with Crippen LogP contribution in [0.2, 0.25) is 0 Å². The summed E-state index contributed by atoms with van der Waals surface area (Å²) in [6.45, 7) is 3.98. The van der Waals surface area contributed by atoms with E-state index in [9.17, 15) is 0 Å². The van der Waals surface area contributed by atoms with Gasteiger partial charge in [0.2, 0.25) is 0 Å². The largest absolute Gasteiger partial charge is 0.261 e. The summed E-state index contributed by atoms with van der Waals surface area (Å²) in [4.78, 5) is 8.63. The highest BCUT2D eigenvalue weighted by Crippen LogP contribution is 2.20.